The van der Waals surface area contributed by atoms with Crippen molar-refractivity contribution >= 4 is 0 Å². The summed E-state index contributed by atoms with van der Waals surface area (Å²) >= 11 is 0. The number of ether oxygens (including phenoxy) is 2. The smallest absolute Gasteiger partial charge is 0.0576 e. The van der Waals surface area contributed by atoms with Gasteiger partial charge in [-0.1, -0.05) is 0 Å². The van der Waals surface area contributed by atoms with Crippen LogP contribution in [0.3, 0.4) is 0 Å². The lowest BCUT2D eigenvalue weighted by atomic mass is 9.86. The molecule has 3 nitrogen and oxygen atoms in total. The van der Waals surface area contributed by atoms with Crippen LogP contribution in [0.25, 0.3) is 0 Å². The summed E-state index contributed by atoms with van der Waals surface area (Å²) in [6, 6.07) is 0. The van der Waals surface area contributed by atoms with Crippen LogP contribution in [0.4, 0.5) is 0 Å². The highest BCUT2D eigenvalue weighted by Crippen LogP contribution is 2.26. The van der Waals surface area contributed by atoms with Gasteiger partial charge in [-0.3, -0.25) is 0 Å². The largest absolute Gasteiger partial charge is 0.381 e. The van der Waals surface area contributed by atoms with Crippen molar-refractivity contribution in [2.75, 3.05) is 19.8 Å². The quantitative estimate of drug-likeness (QED) is 0.801. The first-order valence-electron chi connectivity index (χ1n) is 6.77. The molecule has 2 N–H and O–H groups in total. The van der Waals surface area contributed by atoms with E-state index in [0.717, 1.165) is 45.5 Å². The highest BCUT2D eigenvalue weighted by atomic mass is 16.5. The molecule has 2 unspecified atom stereocenters. The molecular weight excluding hydrogens is 202 g/mol. The lowest BCUT2D eigenvalue weighted by Gasteiger charge is -2.27. The number of nitrogens with two attached hydrogens (primary N) is 1. The topological polar surface area (TPSA) is 44.5 Å². The SMILES string of the molecule is NC1(CCCC2CCCO2)CCCOCC1. The molecule has 0 radical (unpaired) electrons. The van der Waals surface area contributed by atoms with Gasteiger partial charge in [0, 0.05) is 25.4 Å². The van der Waals surface area contributed by atoms with Gasteiger partial charge in [0.25, 0.3) is 0 Å². The molecule has 0 spiro atoms. The molecular formula is C13H25NO2. The minimum absolute atomic E-state index is 0.0368. The fourth-order valence-corrected chi connectivity index (χ4v) is 2.83. The van der Waals surface area contributed by atoms with E-state index in [1.54, 1.807) is 0 Å². The minimum atomic E-state index is 0.0368. The van der Waals surface area contributed by atoms with E-state index in [-0.39, 0.29) is 5.54 Å². The molecule has 94 valence electrons. The molecule has 0 saturated carbocycles. The van der Waals surface area contributed by atoms with Crippen LogP contribution in [0.5, 0.6) is 0 Å². The molecule has 0 aromatic carbocycles. The van der Waals surface area contributed by atoms with E-state index < -0.39 is 0 Å². The molecule has 0 amide bonds. The van der Waals surface area contributed by atoms with Gasteiger partial charge in [-0.15, -0.1) is 0 Å². The number of hydrogen-bond acceptors (Lipinski definition) is 3. The van der Waals surface area contributed by atoms with E-state index in [1.807, 2.05) is 0 Å². The second-order valence-electron chi connectivity index (χ2n) is 5.36. The molecule has 0 aromatic heterocycles. The molecule has 2 aliphatic heterocycles. The monoisotopic (exact) mass is 227 g/mol. The predicted molar refractivity (Wildman–Crippen MR) is 64.4 cm³/mol. The van der Waals surface area contributed by atoms with E-state index >= 15 is 0 Å². The average Bonchev–Trinajstić information content (AvgIpc) is 2.68. The predicted octanol–water partition coefficient (Wildman–Crippen LogP) is 2.23. The Labute approximate surface area is 98.7 Å². The first kappa shape index (κ1) is 12.3. The second kappa shape index (κ2) is 5.99. The highest BCUT2D eigenvalue weighted by molar-refractivity contribution is 4.85. The van der Waals surface area contributed by atoms with Crippen LogP contribution in [-0.4, -0.2) is 31.5 Å². The van der Waals surface area contributed by atoms with E-state index in [1.165, 1.54) is 25.7 Å². The average molecular weight is 227 g/mol. The van der Waals surface area contributed by atoms with Crippen molar-refractivity contribution in [3.05, 3.63) is 0 Å². The lowest BCUT2D eigenvalue weighted by molar-refractivity contribution is 0.0990. The van der Waals surface area contributed by atoms with Crippen LogP contribution >= 0.6 is 0 Å². The Balaban J connectivity index is 1.66. The Morgan fingerprint density at radius 2 is 2.06 bits per heavy atom. The molecule has 0 aliphatic carbocycles. The zero-order chi connectivity index (χ0) is 11.3. The first-order chi connectivity index (χ1) is 7.79. The van der Waals surface area contributed by atoms with E-state index in [9.17, 15) is 0 Å². The fourth-order valence-electron chi connectivity index (χ4n) is 2.83. The van der Waals surface area contributed by atoms with Crippen molar-refractivity contribution in [1.82, 2.24) is 0 Å². The van der Waals surface area contributed by atoms with Crippen LogP contribution < -0.4 is 5.73 Å². The Bertz CT molecular complexity index is 194. The molecule has 2 heterocycles. The summed E-state index contributed by atoms with van der Waals surface area (Å²) in [4.78, 5) is 0. The third-order valence-corrected chi connectivity index (χ3v) is 3.93. The molecule has 2 atom stereocenters. The maximum atomic E-state index is 6.42. The molecule has 2 rings (SSSR count). The van der Waals surface area contributed by atoms with Gasteiger partial charge in [-0.2, -0.15) is 0 Å². The van der Waals surface area contributed by atoms with Gasteiger partial charge in [0.1, 0.15) is 0 Å². The van der Waals surface area contributed by atoms with Crippen molar-refractivity contribution < 1.29 is 9.47 Å². The second-order valence-corrected chi connectivity index (χ2v) is 5.36. The van der Waals surface area contributed by atoms with Gasteiger partial charge in [0.05, 0.1) is 6.10 Å². The van der Waals surface area contributed by atoms with Gasteiger partial charge in [-0.05, 0) is 51.4 Å². The van der Waals surface area contributed by atoms with Gasteiger partial charge in [0.15, 0.2) is 0 Å². The normalized spacial score (nSPS) is 36.2. The molecule has 2 saturated heterocycles. The van der Waals surface area contributed by atoms with Crippen LogP contribution in [0, 0.1) is 0 Å². The summed E-state index contributed by atoms with van der Waals surface area (Å²) in [6.07, 6.45) is 9.82. The minimum Gasteiger partial charge on any atom is -0.381 e. The van der Waals surface area contributed by atoms with Crippen LogP contribution in [0.2, 0.25) is 0 Å². The van der Waals surface area contributed by atoms with Crippen LogP contribution in [0.15, 0.2) is 0 Å². The molecule has 3 heteroatoms. The Kier molecular flexibility index (Phi) is 4.62. The summed E-state index contributed by atoms with van der Waals surface area (Å²) in [7, 11) is 0. The standard InChI is InChI=1S/C13H25NO2/c14-13(7-3-9-15-11-8-13)6-1-4-12-5-2-10-16-12/h12H,1-11,14H2. The van der Waals surface area contributed by atoms with Gasteiger partial charge >= 0.3 is 0 Å². The zero-order valence-electron chi connectivity index (χ0n) is 10.2. The third kappa shape index (κ3) is 3.72. The summed E-state index contributed by atoms with van der Waals surface area (Å²) < 4.78 is 11.1. The zero-order valence-corrected chi connectivity index (χ0v) is 10.2. The summed E-state index contributed by atoms with van der Waals surface area (Å²) in [5, 5.41) is 0. The van der Waals surface area contributed by atoms with E-state index in [2.05, 4.69) is 0 Å². The van der Waals surface area contributed by atoms with Crippen LogP contribution in [-0.2, 0) is 9.47 Å². The van der Waals surface area contributed by atoms with Crippen molar-refractivity contribution in [3.8, 4) is 0 Å². The highest BCUT2D eigenvalue weighted by Gasteiger charge is 2.26. The van der Waals surface area contributed by atoms with Crippen molar-refractivity contribution in [1.29, 1.82) is 0 Å². The summed E-state index contributed by atoms with van der Waals surface area (Å²) in [5.74, 6) is 0. The van der Waals surface area contributed by atoms with Gasteiger partial charge < -0.3 is 15.2 Å². The Hall–Kier alpha value is -0.120. The molecule has 2 fully saturated rings. The fraction of sp³-hybridized carbons (Fsp3) is 1.00. The molecule has 2 aliphatic rings. The summed E-state index contributed by atoms with van der Waals surface area (Å²) in [5.41, 5.74) is 6.46. The Morgan fingerprint density at radius 1 is 1.12 bits per heavy atom. The van der Waals surface area contributed by atoms with E-state index in [4.69, 9.17) is 15.2 Å². The molecule has 16 heavy (non-hydrogen) atoms. The van der Waals surface area contributed by atoms with Crippen molar-refractivity contribution in [2.45, 2.75) is 63.0 Å². The molecule has 0 aromatic rings. The summed E-state index contributed by atoms with van der Waals surface area (Å²) in [6.45, 7) is 2.70. The Morgan fingerprint density at radius 3 is 2.88 bits per heavy atom. The van der Waals surface area contributed by atoms with Gasteiger partial charge in [-0.25, -0.2) is 0 Å². The maximum absolute atomic E-state index is 6.42. The van der Waals surface area contributed by atoms with Gasteiger partial charge in [0.2, 0.25) is 0 Å². The number of hydrogen-bond donors (Lipinski definition) is 1. The first-order valence-corrected chi connectivity index (χ1v) is 6.77. The molecule has 0 bridgehead atoms. The maximum Gasteiger partial charge on any atom is 0.0576 e. The lowest BCUT2D eigenvalue weighted by Crippen LogP contribution is -2.40. The van der Waals surface area contributed by atoms with Crippen molar-refractivity contribution in [2.24, 2.45) is 5.73 Å². The van der Waals surface area contributed by atoms with E-state index in [0.29, 0.717) is 6.10 Å². The van der Waals surface area contributed by atoms with Crippen LogP contribution in [0.1, 0.15) is 51.4 Å². The third-order valence-electron chi connectivity index (χ3n) is 3.93. The number of rotatable bonds is 4. The van der Waals surface area contributed by atoms with Crippen molar-refractivity contribution in [3.63, 3.8) is 0 Å².